The standard InChI is InChI=1S/C24H28N2O8/c1-16(6-2-5-9-22(28)26-30)23(18-7-3-4-8-19(18)31-13-12-27)34-24(29)25-17-10-11-20-21(14-17)33-15-32-20/h3-5,7-11,14,16,23,27,30H,2,6,12-13,15H2,1H3,(H,25,29)(H,26,28)/b9-5+/t16-,23-/m0/s1. The van der Waals surface area contributed by atoms with E-state index in [4.69, 9.17) is 29.3 Å². The number of amides is 2. The number of anilines is 1. The fourth-order valence-electron chi connectivity index (χ4n) is 3.46. The first-order valence-electron chi connectivity index (χ1n) is 10.8. The molecule has 0 aromatic heterocycles. The summed E-state index contributed by atoms with van der Waals surface area (Å²) in [5.74, 6) is 0.849. The Kier molecular flexibility index (Phi) is 9.12. The Morgan fingerprint density at radius 1 is 1.18 bits per heavy atom. The first-order chi connectivity index (χ1) is 16.5. The van der Waals surface area contributed by atoms with Gasteiger partial charge in [-0.1, -0.05) is 31.2 Å². The third-order valence-electron chi connectivity index (χ3n) is 5.11. The monoisotopic (exact) mass is 472 g/mol. The SMILES string of the molecule is C[C@@H](CC/C=C/C(=O)NO)[C@H](OC(=O)Nc1ccc2c(c1)OCO2)c1ccccc1OCCO. The summed E-state index contributed by atoms with van der Waals surface area (Å²) >= 11 is 0. The second-order valence-electron chi connectivity index (χ2n) is 7.56. The Labute approximate surface area is 197 Å². The van der Waals surface area contributed by atoms with Crippen LogP contribution in [0.25, 0.3) is 0 Å². The van der Waals surface area contributed by atoms with Crippen LogP contribution in [0.1, 0.15) is 31.4 Å². The molecule has 2 aromatic carbocycles. The van der Waals surface area contributed by atoms with Gasteiger partial charge in [0.1, 0.15) is 18.5 Å². The molecule has 1 heterocycles. The molecule has 2 aromatic rings. The Hall–Kier alpha value is -3.76. The Morgan fingerprint density at radius 3 is 2.76 bits per heavy atom. The van der Waals surface area contributed by atoms with Crippen LogP contribution in [0.4, 0.5) is 10.5 Å². The van der Waals surface area contributed by atoms with Gasteiger partial charge < -0.3 is 24.1 Å². The van der Waals surface area contributed by atoms with Crippen molar-refractivity contribution in [2.45, 2.75) is 25.9 Å². The number of fused-ring (bicyclic) bond motifs is 1. The van der Waals surface area contributed by atoms with E-state index < -0.39 is 18.1 Å². The van der Waals surface area contributed by atoms with Gasteiger partial charge in [-0.3, -0.25) is 15.3 Å². The number of ether oxygens (including phenoxy) is 4. The zero-order chi connectivity index (χ0) is 24.3. The van der Waals surface area contributed by atoms with E-state index in [9.17, 15) is 9.59 Å². The molecule has 0 spiro atoms. The molecule has 0 radical (unpaired) electrons. The number of rotatable bonds is 11. The van der Waals surface area contributed by atoms with Gasteiger partial charge in [0, 0.05) is 23.4 Å². The molecule has 2 amide bonds. The molecule has 1 aliphatic heterocycles. The summed E-state index contributed by atoms with van der Waals surface area (Å²) in [4.78, 5) is 24.0. The Bertz CT molecular complexity index is 1010. The van der Waals surface area contributed by atoms with Crippen LogP contribution >= 0.6 is 0 Å². The summed E-state index contributed by atoms with van der Waals surface area (Å²) in [5, 5.41) is 20.5. The minimum absolute atomic E-state index is 0.0977. The van der Waals surface area contributed by atoms with Crippen molar-refractivity contribution in [2.75, 3.05) is 25.3 Å². The Morgan fingerprint density at radius 2 is 1.97 bits per heavy atom. The van der Waals surface area contributed by atoms with Crippen LogP contribution in [0.15, 0.2) is 54.6 Å². The van der Waals surface area contributed by atoms with Crippen LogP contribution < -0.4 is 25.0 Å². The van der Waals surface area contributed by atoms with Crippen LogP contribution in [0.3, 0.4) is 0 Å². The van der Waals surface area contributed by atoms with E-state index in [1.807, 2.05) is 13.0 Å². The predicted octanol–water partition coefficient (Wildman–Crippen LogP) is 3.55. The average molecular weight is 472 g/mol. The van der Waals surface area contributed by atoms with Crippen LogP contribution in [0, 0.1) is 5.92 Å². The normalized spacial score (nSPS) is 13.9. The highest BCUT2D eigenvalue weighted by molar-refractivity contribution is 5.86. The molecule has 4 N–H and O–H groups in total. The quantitative estimate of drug-likeness (QED) is 0.221. The van der Waals surface area contributed by atoms with Crippen molar-refractivity contribution < 1.29 is 38.9 Å². The van der Waals surface area contributed by atoms with E-state index in [1.54, 1.807) is 42.5 Å². The van der Waals surface area contributed by atoms with Gasteiger partial charge >= 0.3 is 6.09 Å². The number of hydroxylamine groups is 1. The number of para-hydroxylation sites is 1. The molecule has 10 heteroatoms. The van der Waals surface area contributed by atoms with Crippen molar-refractivity contribution >= 4 is 17.7 Å². The van der Waals surface area contributed by atoms with E-state index in [-0.39, 0.29) is 25.9 Å². The van der Waals surface area contributed by atoms with Gasteiger partial charge in [0.25, 0.3) is 5.91 Å². The number of aliphatic hydroxyl groups excluding tert-OH is 1. The van der Waals surface area contributed by atoms with Gasteiger partial charge in [0.15, 0.2) is 11.5 Å². The second kappa shape index (κ2) is 12.5. The van der Waals surface area contributed by atoms with Crippen molar-refractivity contribution in [3.63, 3.8) is 0 Å². The average Bonchev–Trinajstić information content (AvgIpc) is 3.31. The number of hydrogen-bond acceptors (Lipinski definition) is 8. The van der Waals surface area contributed by atoms with Crippen LogP contribution in [-0.2, 0) is 9.53 Å². The summed E-state index contributed by atoms with van der Waals surface area (Å²) in [6.07, 6.45) is 2.60. The fraction of sp³-hybridized carbons (Fsp3) is 0.333. The van der Waals surface area contributed by atoms with E-state index in [0.29, 0.717) is 41.3 Å². The zero-order valence-electron chi connectivity index (χ0n) is 18.7. The zero-order valence-corrected chi connectivity index (χ0v) is 18.7. The lowest BCUT2D eigenvalue weighted by atomic mass is 9.92. The minimum atomic E-state index is -0.677. The van der Waals surface area contributed by atoms with Crippen LogP contribution in [-0.4, -0.2) is 42.3 Å². The van der Waals surface area contributed by atoms with E-state index in [1.165, 1.54) is 11.6 Å². The largest absolute Gasteiger partial charge is 0.491 e. The third kappa shape index (κ3) is 6.87. The smallest absolute Gasteiger partial charge is 0.412 e. The van der Waals surface area contributed by atoms with E-state index >= 15 is 0 Å². The van der Waals surface area contributed by atoms with Crippen molar-refractivity contribution in [3.8, 4) is 17.2 Å². The Balaban J connectivity index is 1.75. The van der Waals surface area contributed by atoms with Crippen LogP contribution in [0.5, 0.6) is 17.2 Å². The molecule has 0 bridgehead atoms. The van der Waals surface area contributed by atoms with Gasteiger partial charge in [-0.2, -0.15) is 0 Å². The molecule has 182 valence electrons. The van der Waals surface area contributed by atoms with Gasteiger partial charge in [-0.25, -0.2) is 10.3 Å². The minimum Gasteiger partial charge on any atom is -0.491 e. The molecule has 0 saturated carbocycles. The molecule has 34 heavy (non-hydrogen) atoms. The third-order valence-corrected chi connectivity index (χ3v) is 5.11. The predicted molar refractivity (Wildman–Crippen MR) is 122 cm³/mol. The summed E-state index contributed by atoms with van der Waals surface area (Å²) in [7, 11) is 0. The highest BCUT2D eigenvalue weighted by atomic mass is 16.7. The first kappa shape index (κ1) is 24.9. The van der Waals surface area contributed by atoms with Crippen molar-refractivity contribution in [1.29, 1.82) is 0 Å². The molecular formula is C24H28N2O8. The summed E-state index contributed by atoms with van der Waals surface area (Å²) in [6, 6.07) is 12.2. The number of hydrogen-bond donors (Lipinski definition) is 4. The summed E-state index contributed by atoms with van der Waals surface area (Å²) in [5.41, 5.74) is 2.68. The topological polar surface area (TPSA) is 136 Å². The van der Waals surface area contributed by atoms with Crippen molar-refractivity contribution in [1.82, 2.24) is 5.48 Å². The molecule has 0 saturated heterocycles. The number of carbonyl (C=O) groups excluding carboxylic acids is 2. The number of allylic oxidation sites excluding steroid dienone is 1. The van der Waals surface area contributed by atoms with E-state index in [2.05, 4.69) is 5.32 Å². The molecule has 10 nitrogen and oxygen atoms in total. The van der Waals surface area contributed by atoms with Crippen molar-refractivity contribution in [3.05, 3.63) is 60.2 Å². The molecule has 0 unspecified atom stereocenters. The van der Waals surface area contributed by atoms with Gasteiger partial charge in [0.2, 0.25) is 6.79 Å². The number of benzene rings is 2. The first-order valence-corrected chi connectivity index (χ1v) is 10.8. The maximum atomic E-state index is 12.8. The number of carbonyl (C=O) groups is 2. The molecular weight excluding hydrogens is 444 g/mol. The van der Waals surface area contributed by atoms with Gasteiger partial charge in [-0.15, -0.1) is 0 Å². The van der Waals surface area contributed by atoms with Gasteiger partial charge in [0.05, 0.1) is 6.61 Å². The maximum Gasteiger partial charge on any atom is 0.412 e. The van der Waals surface area contributed by atoms with Gasteiger partial charge in [-0.05, 0) is 37.0 Å². The molecule has 0 fully saturated rings. The highest BCUT2D eigenvalue weighted by Gasteiger charge is 2.27. The summed E-state index contributed by atoms with van der Waals surface area (Å²) < 4.78 is 22.1. The highest BCUT2D eigenvalue weighted by Crippen LogP contribution is 2.37. The lowest BCUT2D eigenvalue weighted by Gasteiger charge is -2.26. The van der Waals surface area contributed by atoms with Crippen LogP contribution in [0.2, 0.25) is 0 Å². The summed E-state index contributed by atoms with van der Waals surface area (Å²) in [6.45, 7) is 1.99. The maximum absolute atomic E-state index is 12.8. The molecule has 1 aliphatic rings. The second-order valence-corrected chi connectivity index (χ2v) is 7.56. The lowest BCUT2D eigenvalue weighted by molar-refractivity contribution is -0.124. The fourth-order valence-corrected chi connectivity index (χ4v) is 3.46. The molecule has 0 aliphatic carbocycles. The number of nitrogens with one attached hydrogen (secondary N) is 2. The van der Waals surface area contributed by atoms with E-state index in [0.717, 1.165) is 0 Å². The molecule has 3 rings (SSSR count). The lowest BCUT2D eigenvalue weighted by Crippen LogP contribution is -2.22. The number of aliphatic hydroxyl groups is 1. The molecule has 2 atom stereocenters. The van der Waals surface area contributed by atoms with Crippen molar-refractivity contribution in [2.24, 2.45) is 5.92 Å².